The predicted molar refractivity (Wildman–Crippen MR) is 89.7 cm³/mol. The molecule has 0 atom stereocenters. The minimum absolute atomic E-state index is 0.222. The highest BCUT2D eigenvalue weighted by Crippen LogP contribution is 2.13. The molecule has 0 saturated heterocycles. The number of ether oxygens (including phenoxy) is 1. The summed E-state index contributed by atoms with van der Waals surface area (Å²) < 4.78 is 5.06. The molecule has 6 heteroatoms. The second-order valence-electron chi connectivity index (χ2n) is 5.03. The van der Waals surface area contributed by atoms with Crippen molar-refractivity contribution in [1.82, 2.24) is 15.8 Å². The lowest BCUT2D eigenvalue weighted by molar-refractivity contribution is 0.0844. The van der Waals surface area contributed by atoms with Crippen molar-refractivity contribution in [2.24, 2.45) is 0 Å². The van der Waals surface area contributed by atoms with E-state index >= 15 is 0 Å². The van der Waals surface area contributed by atoms with Gasteiger partial charge in [-0.25, -0.2) is 4.98 Å². The smallest absolute Gasteiger partial charge is 0.288 e. The largest absolute Gasteiger partial charge is 0.497 e. The highest BCUT2D eigenvalue weighted by molar-refractivity contribution is 5.99. The molecule has 0 bridgehead atoms. The second-order valence-corrected chi connectivity index (χ2v) is 5.03. The first-order valence-electron chi connectivity index (χ1n) is 7.28. The molecular formula is C18H15N3O3. The van der Waals surface area contributed by atoms with Crippen LogP contribution in [-0.4, -0.2) is 23.9 Å². The van der Waals surface area contributed by atoms with Gasteiger partial charge in [-0.3, -0.25) is 20.4 Å². The van der Waals surface area contributed by atoms with E-state index in [2.05, 4.69) is 15.8 Å². The van der Waals surface area contributed by atoms with Crippen LogP contribution in [0.3, 0.4) is 0 Å². The van der Waals surface area contributed by atoms with Crippen molar-refractivity contribution < 1.29 is 14.3 Å². The molecule has 0 unspecified atom stereocenters. The molecule has 0 aliphatic heterocycles. The van der Waals surface area contributed by atoms with Crippen LogP contribution in [0.15, 0.2) is 60.7 Å². The van der Waals surface area contributed by atoms with E-state index in [-0.39, 0.29) is 5.69 Å². The summed E-state index contributed by atoms with van der Waals surface area (Å²) >= 11 is 0. The van der Waals surface area contributed by atoms with Gasteiger partial charge in [0, 0.05) is 10.9 Å². The minimum atomic E-state index is -0.489. The molecule has 0 radical (unpaired) electrons. The summed E-state index contributed by atoms with van der Waals surface area (Å²) in [5.74, 6) is -0.370. The van der Waals surface area contributed by atoms with E-state index in [0.717, 1.165) is 5.39 Å². The first kappa shape index (κ1) is 15.5. The van der Waals surface area contributed by atoms with Crippen molar-refractivity contribution in [3.63, 3.8) is 0 Å². The first-order chi connectivity index (χ1) is 11.7. The van der Waals surface area contributed by atoms with E-state index in [1.165, 1.54) is 7.11 Å². The summed E-state index contributed by atoms with van der Waals surface area (Å²) in [4.78, 5) is 28.5. The second kappa shape index (κ2) is 6.78. The normalized spacial score (nSPS) is 10.2. The lowest BCUT2D eigenvalue weighted by Crippen LogP contribution is -2.41. The minimum Gasteiger partial charge on any atom is -0.497 e. The van der Waals surface area contributed by atoms with E-state index < -0.39 is 11.8 Å². The van der Waals surface area contributed by atoms with Gasteiger partial charge in [0.25, 0.3) is 11.8 Å². The van der Waals surface area contributed by atoms with Gasteiger partial charge in [-0.15, -0.1) is 0 Å². The Labute approximate surface area is 138 Å². The standard InChI is InChI=1S/C18H15N3O3/c1-24-14-7-4-6-13(11-14)17(22)20-21-18(23)16-10-9-12-5-2-3-8-15(12)19-16/h2-11H,1H3,(H,20,22)(H,21,23). The molecule has 2 aromatic carbocycles. The van der Waals surface area contributed by atoms with Crippen LogP contribution >= 0.6 is 0 Å². The van der Waals surface area contributed by atoms with Gasteiger partial charge >= 0.3 is 0 Å². The summed E-state index contributed by atoms with van der Waals surface area (Å²) in [5.41, 5.74) is 6.03. The molecule has 0 fully saturated rings. The molecule has 0 spiro atoms. The van der Waals surface area contributed by atoms with E-state index in [4.69, 9.17) is 4.74 Å². The Morgan fingerprint density at radius 2 is 1.71 bits per heavy atom. The Morgan fingerprint density at radius 1 is 0.917 bits per heavy atom. The molecule has 2 N–H and O–H groups in total. The van der Waals surface area contributed by atoms with Gasteiger partial charge < -0.3 is 4.74 Å². The summed E-state index contributed by atoms with van der Waals surface area (Å²) in [6.07, 6.45) is 0. The van der Waals surface area contributed by atoms with Gasteiger partial charge in [0.05, 0.1) is 12.6 Å². The van der Waals surface area contributed by atoms with Crippen molar-refractivity contribution in [1.29, 1.82) is 0 Å². The number of hydrazine groups is 1. The van der Waals surface area contributed by atoms with E-state index in [1.54, 1.807) is 36.4 Å². The van der Waals surface area contributed by atoms with Crippen LogP contribution in [-0.2, 0) is 0 Å². The fourth-order valence-corrected chi connectivity index (χ4v) is 2.21. The van der Waals surface area contributed by atoms with E-state index in [0.29, 0.717) is 16.8 Å². The zero-order valence-electron chi connectivity index (χ0n) is 12.9. The molecule has 24 heavy (non-hydrogen) atoms. The summed E-state index contributed by atoms with van der Waals surface area (Å²) in [6, 6.07) is 17.5. The van der Waals surface area contributed by atoms with Crippen LogP contribution in [0, 0.1) is 0 Å². The highest BCUT2D eigenvalue weighted by atomic mass is 16.5. The van der Waals surface area contributed by atoms with Crippen LogP contribution in [0.1, 0.15) is 20.8 Å². The molecular weight excluding hydrogens is 306 g/mol. The fourth-order valence-electron chi connectivity index (χ4n) is 2.21. The number of rotatable bonds is 3. The summed E-state index contributed by atoms with van der Waals surface area (Å²) in [5, 5.41) is 0.939. The van der Waals surface area contributed by atoms with Crippen molar-refractivity contribution in [2.45, 2.75) is 0 Å². The SMILES string of the molecule is COc1cccc(C(=O)NNC(=O)c2ccc3ccccc3n2)c1. The third kappa shape index (κ3) is 3.33. The highest BCUT2D eigenvalue weighted by Gasteiger charge is 2.11. The topological polar surface area (TPSA) is 80.3 Å². The number of nitrogens with one attached hydrogen (secondary N) is 2. The monoisotopic (exact) mass is 321 g/mol. The number of benzene rings is 2. The molecule has 3 aromatic rings. The Kier molecular flexibility index (Phi) is 4.38. The maximum absolute atomic E-state index is 12.1. The molecule has 120 valence electrons. The Bertz CT molecular complexity index is 909. The van der Waals surface area contributed by atoms with Crippen molar-refractivity contribution in [3.05, 3.63) is 71.9 Å². The number of hydrogen-bond donors (Lipinski definition) is 2. The number of aromatic nitrogens is 1. The molecule has 1 heterocycles. The summed E-state index contributed by atoms with van der Waals surface area (Å²) in [7, 11) is 1.52. The van der Waals surface area contributed by atoms with Crippen LogP contribution in [0.4, 0.5) is 0 Å². The van der Waals surface area contributed by atoms with Crippen LogP contribution in [0.25, 0.3) is 10.9 Å². The quantitative estimate of drug-likeness (QED) is 0.726. The van der Waals surface area contributed by atoms with Crippen LogP contribution in [0.2, 0.25) is 0 Å². The van der Waals surface area contributed by atoms with E-state index in [9.17, 15) is 9.59 Å². The van der Waals surface area contributed by atoms with Gasteiger partial charge in [0.2, 0.25) is 0 Å². The van der Waals surface area contributed by atoms with Crippen LogP contribution in [0.5, 0.6) is 5.75 Å². The molecule has 3 rings (SSSR count). The molecule has 6 nitrogen and oxygen atoms in total. The number of nitrogens with zero attached hydrogens (tertiary/aromatic N) is 1. The number of pyridine rings is 1. The predicted octanol–water partition coefficient (Wildman–Crippen LogP) is 2.32. The number of carbonyl (C=O) groups is 2. The van der Waals surface area contributed by atoms with Crippen molar-refractivity contribution in [3.8, 4) is 5.75 Å². The van der Waals surface area contributed by atoms with Crippen molar-refractivity contribution in [2.75, 3.05) is 7.11 Å². The number of carbonyl (C=O) groups excluding carboxylic acids is 2. The van der Waals surface area contributed by atoms with Crippen molar-refractivity contribution >= 4 is 22.7 Å². The number of hydrogen-bond acceptors (Lipinski definition) is 4. The molecule has 0 aliphatic rings. The number of methoxy groups -OCH3 is 1. The van der Waals surface area contributed by atoms with Gasteiger partial charge in [-0.05, 0) is 30.3 Å². The molecule has 0 saturated carbocycles. The maximum atomic E-state index is 12.1. The Hall–Kier alpha value is -3.41. The average molecular weight is 321 g/mol. The molecule has 1 aromatic heterocycles. The summed E-state index contributed by atoms with van der Waals surface area (Å²) in [6.45, 7) is 0. The maximum Gasteiger partial charge on any atom is 0.288 e. The van der Waals surface area contributed by atoms with Gasteiger partial charge in [-0.1, -0.05) is 30.3 Å². The number of para-hydroxylation sites is 1. The number of fused-ring (bicyclic) bond motifs is 1. The fraction of sp³-hybridized carbons (Fsp3) is 0.0556. The molecule has 2 amide bonds. The third-order valence-corrected chi connectivity index (χ3v) is 3.45. The van der Waals surface area contributed by atoms with Gasteiger partial charge in [0.15, 0.2) is 0 Å². The zero-order valence-corrected chi connectivity index (χ0v) is 12.9. The Morgan fingerprint density at radius 3 is 2.54 bits per heavy atom. The molecule has 0 aliphatic carbocycles. The Balaban J connectivity index is 1.68. The van der Waals surface area contributed by atoms with Gasteiger partial charge in [0.1, 0.15) is 11.4 Å². The number of amides is 2. The third-order valence-electron chi connectivity index (χ3n) is 3.45. The van der Waals surface area contributed by atoms with Crippen LogP contribution < -0.4 is 15.6 Å². The van der Waals surface area contributed by atoms with Gasteiger partial charge in [-0.2, -0.15) is 0 Å². The first-order valence-corrected chi connectivity index (χ1v) is 7.28. The van der Waals surface area contributed by atoms with E-state index in [1.807, 2.05) is 24.3 Å². The lowest BCUT2D eigenvalue weighted by Gasteiger charge is -2.08. The average Bonchev–Trinajstić information content (AvgIpc) is 2.65. The lowest BCUT2D eigenvalue weighted by atomic mass is 10.2. The zero-order chi connectivity index (χ0) is 16.9.